The van der Waals surface area contributed by atoms with E-state index in [0.29, 0.717) is 16.4 Å². The molecule has 0 radical (unpaired) electrons. The molecule has 0 atom stereocenters. The summed E-state index contributed by atoms with van der Waals surface area (Å²) in [5, 5.41) is 15.3. The minimum Gasteiger partial charge on any atom is -0.476 e. The van der Waals surface area contributed by atoms with E-state index in [2.05, 4.69) is 10.1 Å². The lowest BCUT2D eigenvalue weighted by atomic mass is 10.3. The Morgan fingerprint density at radius 2 is 2.20 bits per heavy atom. The summed E-state index contributed by atoms with van der Waals surface area (Å²) in [6.07, 6.45) is 1.66. The van der Waals surface area contributed by atoms with E-state index in [-0.39, 0.29) is 11.6 Å². The zero-order valence-electron chi connectivity index (χ0n) is 11.1. The van der Waals surface area contributed by atoms with Crippen molar-refractivity contribution in [2.45, 2.75) is 13.8 Å². The first-order valence-electron chi connectivity index (χ1n) is 5.86. The SMILES string of the molecule is Cc1nn(C)c(C)c1Oc1nc2sccn2c1C(=O)O. The molecule has 0 aliphatic carbocycles. The van der Waals surface area contributed by atoms with E-state index in [0.717, 1.165) is 5.69 Å². The lowest BCUT2D eigenvalue weighted by Gasteiger charge is -2.04. The summed E-state index contributed by atoms with van der Waals surface area (Å²) in [5.41, 5.74) is 1.52. The second kappa shape index (κ2) is 4.34. The molecule has 0 saturated carbocycles. The van der Waals surface area contributed by atoms with Crippen LogP contribution in [0.1, 0.15) is 21.9 Å². The molecule has 104 valence electrons. The third kappa shape index (κ3) is 1.76. The van der Waals surface area contributed by atoms with Crippen LogP contribution < -0.4 is 4.74 Å². The predicted octanol–water partition coefficient (Wildman–Crippen LogP) is 2.24. The zero-order valence-corrected chi connectivity index (χ0v) is 11.9. The van der Waals surface area contributed by atoms with Gasteiger partial charge >= 0.3 is 5.97 Å². The van der Waals surface area contributed by atoms with E-state index in [1.54, 1.807) is 30.2 Å². The van der Waals surface area contributed by atoms with Crippen LogP contribution in [0.4, 0.5) is 0 Å². The van der Waals surface area contributed by atoms with Gasteiger partial charge in [-0.3, -0.25) is 9.08 Å². The lowest BCUT2D eigenvalue weighted by molar-refractivity contribution is 0.0686. The zero-order chi connectivity index (χ0) is 14.4. The molecule has 0 spiro atoms. The van der Waals surface area contributed by atoms with Crippen LogP contribution in [-0.2, 0) is 7.05 Å². The van der Waals surface area contributed by atoms with Gasteiger partial charge in [0, 0.05) is 18.6 Å². The van der Waals surface area contributed by atoms with E-state index in [9.17, 15) is 9.90 Å². The Morgan fingerprint density at radius 3 is 2.80 bits per heavy atom. The van der Waals surface area contributed by atoms with Gasteiger partial charge in [-0.1, -0.05) is 0 Å². The Hall–Kier alpha value is -2.35. The van der Waals surface area contributed by atoms with E-state index < -0.39 is 5.97 Å². The van der Waals surface area contributed by atoms with Crippen LogP contribution in [-0.4, -0.2) is 30.2 Å². The molecule has 3 aromatic rings. The van der Waals surface area contributed by atoms with Gasteiger partial charge < -0.3 is 9.84 Å². The summed E-state index contributed by atoms with van der Waals surface area (Å²) < 4.78 is 8.89. The average Bonchev–Trinajstić information content (AvgIpc) is 2.98. The number of rotatable bonds is 3. The molecule has 20 heavy (non-hydrogen) atoms. The average molecular weight is 292 g/mol. The first-order chi connectivity index (χ1) is 9.49. The fourth-order valence-corrected chi connectivity index (χ4v) is 2.74. The van der Waals surface area contributed by atoms with E-state index >= 15 is 0 Å². The molecule has 1 N–H and O–H groups in total. The van der Waals surface area contributed by atoms with Crippen LogP contribution >= 0.6 is 11.3 Å². The number of ether oxygens (including phenoxy) is 1. The number of imidazole rings is 1. The number of carboxylic acid groups (broad SMARTS) is 1. The van der Waals surface area contributed by atoms with Gasteiger partial charge in [-0.2, -0.15) is 10.1 Å². The van der Waals surface area contributed by atoms with E-state index in [4.69, 9.17) is 4.74 Å². The Labute approximate surface area is 118 Å². The fourth-order valence-electron chi connectivity index (χ4n) is 2.03. The molecule has 0 aliphatic rings. The highest BCUT2D eigenvalue weighted by atomic mass is 32.1. The molecule has 0 aliphatic heterocycles. The summed E-state index contributed by atoms with van der Waals surface area (Å²) in [6, 6.07) is 0. The number of carboxylic acids is 1. The number of aryl methyl sites for hydroxylation is 2. The molecule has 7 nitrogen and oxygen atoms in total. The molecule has 8 heteroatoms. The number of hydrogen-bond acceptors (Lipinski definition) is 5. The van der Waals surface area contributed by atoms with Crippen LogP contribution in [0, 0.1) is 13.8 Å². The summed E-state index contributed by atoms with van der Waals surface area (Å²) in [6.45, 7) is 3.66. The Bertz CT molecular complexity index is 814. The van der Waals surface area contributed by atoms with Crippen molar-refractivity contribution in [1.29, 1.82) is 0 Å². The topological polar surface area (TPSA) is 81.6 Å². The van der Waals surface area contributed by atoms with E-state index in [1.807, 2.05) is 6.92 Å². The van der Waals surface area contributed by atoms with Crippen LogP contribution in [0.2, 0.25) is 0 Å². The maximum atomic E-state index is 11.4. The van der Waals surface area contributed by atoms with Crippen molar-refractivity contribution in [2.24, 2.45) is 7.05 Å². The molecule has 0 unspecified atom stereocenters. The second-order valence-corrected chi connectivity index (χ2v) is 5.22. The molecule has 0 aromatic carbocycles. The summed E-state index contributed by atoms with van der Waals surface area (Å²) >= 11 is 1.35. The van der Waals surface area contributed by atoms with Crippen molar-refractivity contribution >= 4 is 22.3 Å². The van der Waals surface area contributed by atoms with Crippen LogP contribution in [0.15, 0.2) is 11.6 Å². The highest BCUT2D eigenvalue weighted by Crippen LogP contribution is 2.31. The number of fused-ring (bicyclic) bond motifs is 1. The minimum absolute atomic E-state index is 0.0175. The highest BCUT2D eigenvalue weighted by Gasteiger charge is 2.23. The molecule has 0 saturated heterocycles. The number of carbonyl (C=O) groups is 1. The molecule has 3 heterocycles. The minimum atomic E-state index is -1.08. The van der Waals surface area contributed by atoms with Crippen molar-refractivity contribution in [3.63, 3.8) is 0 Å². The standard InChI is InChI=1S/C12H12N4O3S/c1-6-9(7(2)15(3)14-6)19-10-8(11(17)18)16-4-5-20-12(16)13-10/h4-5H,1-3H3,(H,17,18). The number of thiazole rings is 1. The van der Waals surface area contributed by atoms with Crippen molar-refractivity contribution in [1.82, 2.24) is 19.2 Å². The number of hydrogen-bond donors (Lipinski definition) is 1. The number of aromatic nitrogens is 4. The number of nitrogens with zero attached hydrogens (tertiary/aromatic N) is 4. The maximum absolute atomic E-state index is 11.4. The maximum Gasteiger partial charge on any atom is 0.358 e. The van der Waals surface area contributed by atoms with Crippen molar-refractivity contribution < 1.29 is 14.6 Å². The van der Waals surface area contributed by atoms with Gasteiger partial charge in [-0.25, -0.2) is 4.79 Å². The van der Waals surface area contributed by atoms with Gasteiger partial charge in [0.2, 0.25) is 0 Å². The van der Waals surface area contributed by atoms with Gasteiger partial charge in [0.1, 0.15) is 5.69 Å². The van der Waals surface area contributed by atoms with Crippen molar-refractivity contribution in [2.75, 3.05) is 0 Å². The first-order valence-corrected chi connectivity index (χ1v) is 6.74. The number of aromatic carboxylic acids is 1. The third-order valence-corrected chi connectivity index (χ3v) is 3.83. The van der Waals surface area contributed by atoms with Gasteiger partial charge in [0.05, 0.1) is 5.69 Å². The smallest absolute Gasteiger partial charge is 0.358 e. The summed E-state index contributed by atoms with van der Waals surface area (Å²) in [4.78, 5) is 16.2. The molecular formula is C12H12N4O3S. The molecule has 0 bridgehead atoms. The molecule has 0 amide bonds. The Morgan fingerprint density at radius 1 is 1.45 bits per heavy atom. The quantitative estimate of drug-likeness (QED) is 0.800. The van der Waals surface area contributed by atoms with Crippen LogP contribution in [0.5, 0.6) is 11.6 Å². The fraction of sp³-hybridized carbons (Fsp3) is 0.250. The van der Waals surface area contributed by atoms with Gasteiger partial charge in [-0.05, 0) is 13.8 Å². The monoisotopic (exact) mass is 292 g/mol. The van der Waals surface area contributed by atoms with Crippen LogP contribution in [0.25, 0.3) is 4.96 Å². The summed E-state index contributed by atoms with van der Waals surface area (Å²) in [7, 11) is 1.80. The Kier molecular flexibility index (Phi) is 2.75. The van der Waals surface area contributed by atoms with Crippen molar-refractivity contribution in [3.8, 4) is 11.6 Å². The normalized spacial score (nSPS) is 11.2. The molecule has 0 fully saturated rings. The molecule has 3 aromatic heterocycles. The van der Waals surface area contributed by atoms with Gasteiger partial charge in [0.15, 0.2) is 16.4 Å². The molecule has 3 rings (SSSR count). The van der Waals surface area contributed by atoms with Crippen LogP contribution in [0.3, 0.4) is 0 Å². The Balaban J connectivity index is 2.13. The predicted molar refractivity (Wildman–Crippen MR) is 72.8 cm³/mol. The van der Waals surface area contributed by atoms with Crippen molar-refractivity contribution in [3.05, 3.63) is 28.7 Å². The van der Waals surface area contributed by atoms with E-state index in [1.165, 1.54) is 15.7 Å². The highest BCUT2D eigenvalue weighted by molar-refractivity contribution is 7.15. The summed E-state index contributed by atoms with van der Waals surface area (Å²) in [5.74, 6) is -0.450. The molecular weight excluding hydrogens is 280 g/mol. The first kappa shape index (κ1) is 12.7. The van der Waals surface area contributed by atoms with Gasteiger partial charge in [-0.15, -0.1) is 11.3 Å². The lowest BCUT2D eigenvalue weighted by Crippen LogP contribution is -2.03. The largest absolute Gasteiger partial charge is 0.476 e. The third-order valence-electron chi connectivity index (χ3n) is 3.07. The second-order valence-electron chi connectivity index (χ2n) is 4.35. The van der Waals surface area contributed by atoms with Gasteiger partial charge in [0.25, 0.3) is 5.88 Å².